The zero-order valence-corrected chi connectivity index (χ0v) is 10.5. The molecular formula is C13H11N7. The molecule has 0 atom stereocenters. The van der Waals surface area contributed by atoms with Gasteiger partial charge >= 0.3 is 0 Å². The standard InChI is InChI=1S/C13H11N7/c14-6-16-13-4-12(19-8-20-13)15-5-9-1-2-10-11(3-9)18-7-17-10/h1-4,7-8H,5H2,(H,17,18)(H2,15,16,19,20). The molecule has 7 nitrogen and oxygen atoms in total. The summed E-state index contributed by atoms with van der Waals surface area (Å²) in [4.78, 5) is 15.3. The number of imidazole rings is 1. The van der Waals surface area contributed by atoms with Crippen molar-refractivity contribution in [2.45, 2.75) is 6.54 Å². The van der Waals surface area contributed by atoms with Crippen molar-refractivity contribution in [1.82, 2.24) is 19.9 Å². The van der Waals surface area contributed by atoms with Gasteiger partial charge in [-0.3, -0.25) is 5.32 Å². The monoisotopic (exact) mass is 265 g/mol. The van der Waals surface area contributed by atoms with Crippen molar-refractivity contribution >= 4 is 22.7 Å². The van der Waals surface area contributed by atoms with Crippen LogP contribution < -0.4 is 10.6 Å². The molecule has 0 radical (unpaired) electrons. The summed E-state index contributed by atoms with van der Waals surface area (Å²) < 4.78 is 0. The van der Waals surface area contributed by atoms with Gasteiger partial charge in [0.05, 0.1) is 17.4 Å². The lowest BCUT2D eigenvalue weighted by Crippen LogP contribution is -2.02. The molecular weight excluding hydrogens is 254 g/mol. The normalized spacial score (nSPS) is 10.2. The van der Waals surface area contributed by atoms with Gasteiger partial charge in [-0.05, 0) is 17.7 Å². The molecule has 0 aliphatic heterocycles. The second-order valence-electron chi connectivity index (χ2n) is 4.13. The van der Waals surface area contributed by atoms with Crippen LogP contribution in [0.1, 0.15) is 5.56 Å². The van der Waals surface area contributed by atoms with Gasteiger partial charge in [-0.2, -0.15) is 5.26 Å². The van der Waals surface area contributed by atoms with Gasteiger partial charge in [0.1, 0.15) is 18.0 Å². The van der Waals surface area contributed by atoms with Crippen LogP contribution in [0.2, 0.25) is 0 Å². The van der Waals surface area contributed by atoms with E-state index >= 15 is 0 Å². The highest BCUT2D eigenvalue weighted by molar-refractivity contribution is 5.75. The smallest absolute Gasteiger partial charge is 0.182 e. The molecule has 2 heterocycles. The Labute approximate surface area is 114 Å². The fourth-order valence-electron chi connectivity index (χ4n) is 1.86. The summed E-state index contributed by atoms with van der Waals surface area (Å²) in [5, 5.41) is 14.2. The van der Waals surface area contributed by atoms with Crippen LogP contribution in [0.25, 0.3) is 11.0 Å². The van der Waals surface area contributed by atoms with Crippen molar-refractivity contribution in [3.8, 4) is 6.19 Å². The number of rotatable bonds is 4. The van der Waals surface area contributed by atoms with Gasteiger partial charge in [-0.25, -0.2) is 15.0 Å². The number of nitrogens with zero attached hydrogens (tertiary/aromatic N) is 4. The minimum Gasteiger partial charge on any atom is -0.366 e. The third-order valence-corrected chi connectivity index (χ3v) is 2.81. The predicted molar refractivity (Wildman–Crippen MR) is 74.7 cm³/mol. The number of nitriles is 1. The summed E-state index contributed by atoms with van der Waals surface area (Å²) in [5.74, 6) is 1.12. The lowest BCUT2D eigenvalue weighted by atomic mass is 10.2. The first-order valence-corrected chi connectivity index (χ1v) is 5.98. The molecule has 3 N–H and O–H groups in total. The van der Waals surface area contributed by atoms with Crippen LogP contribution in [0.3, 0.4) is 0 Å². The summed E-state index contributed by atoms with van der Waals surface area (Å²) >= 11 is 0. The maximum Gasteiger partial charge on any atom is 0.182 e. The zero-order chi connectivity index (χ0) is 13.8. The molecule has 0 aliphatic rings. The van der Waals surface area contributed by atoms with Crippen LogP contribution in [0.5, 0.6) is 0 Å². The van der Waals surface area contributed by atoms with Gasteiger partial charge in [-0.1, -0.05) is 6.07 Å². The number of hydrogen-bond acceptors (Lipinski definition) is 6. The largest absolute Gasteiger partial charge is 0.366 e. The Morgan fingerprint density at radius 1 is 1.15 bits per heavy atom. The lowest BCUT2D eigenvalue weighted by molar-refractivity contribution is 1.08. The second-order valence-corrected chi connectivity index (χ2v) is 4.13. The van der Waals surface area contributed by atoms with Crippen molar-refractivity contribution in [2.75, 3.05) is 10.6 Å². The maximum atomic E-state index is 8.55. The highest BCUT2D eigenvalue weighted by atomic mass is 15.1. The highest BCUT2D eigenvalue weighted by Crippen LogP contribution is 2.14. The Morgan fingerprint density at radius 2 is 2.05 bits per heavy atom. The molecule has 3 aromatic rings. The average molecular weight is 265 g/mol. The molecule has 0 saturated carbocycles. The van der Waals surface area contributed by atoms with E-state index in [1.54, 1.807) is 12.4 Å². The zero-order valence-electron chi connectivity index (χ0n) is 10.5. The van der Waals surface area contributed by atoms with Gasteiger partial charge in [0.25, 0.3) is 0 Å². The quantitative estimate of drug-likeness (QED) is 0.491. The number of nitrogens with one attached hydrogen (secondary N) is 3. The van der Waals surface area contributed by atoms with E-state index in [0.29, 0.717) is 18.2 Å². The van der Waals surface area contributed by atoms with E-state index in [9.17, 15) is 0 Å². The van der Waals surface area contributed by atoms with Crippen LogP contribution >= 0.6 is 0 Å². The minimum atomic E-state index is 0.467. The Morgan fingerprint density at radius 3 is 2.95 bits per heavy atom. The molecule has 0 unspecified atom stereocenters. The number of aromatic amines is 1. The number of H-pyrrole nitrogens is 1. The molecule has 98 valence electrons. The van der Waals surface area contributed by atoms with Crippen LogP contribution in [0.4, 0.5) is 11.6 Å². The van der Waals surface area contributed by atoms with Crippen molar-refractivity contribution < 1.29 is 0 Å². The molecule has 7 heteroatoms. The highest BCUT2D eigenvalue weighted by Gasteiger charge is 2.01. The van der Waals surface area contributed by atoms with Gasteiger partial charge in [0, 0.05) is 12.6 Å². The van der Waals surface area contributed by atoms with Crippen LogP contribution in [-0.4, -0.2) is 19.9 Å². The van der Waals surface area contributed by atoms with E-state index in [1.807, 2.05) is 24.4 Å². The number of anilines is 2. The topological polar surface area (TPSA) is 102 Å². The third-order valence-electron chi connectivity index (χ3n) is 2.81. The molecule has 0 amide bonds. The molecule has 0 spiro atoms. The van der Waals surface area contributed by atoms with Gasteiger partial charge in [-0.15, -0.1) is 0 Å². The van der Waals surface area contributed by atoms with E-state index in [1.165, 1.54) is 6.33 Å². The van der Waals surface area contributed by atoms with Gasteiger partial charge in [0.15, 0.2) is 6.19 Å². The Hall–Kier alpha value is -3.14. The van der Waals surface area contributed by atoms with E-state index in [0.717, 1.165) is 16.6 Å². The van der Waals surface area contributed by atoms with E-state index in [4.69, 9.17) is 5.26 Å². The SMILES string of the molecule is N#CNc1cc(NCc2ccc3nc[nH]c3c2)ncn1. The van der Waals surface area contributed by atoms with E-state index in [-0.39, 0.29) is 0 Å². The number of fused-ring (bicyclic) bond motifs is 1. The Bertz CT molecular complexity index is 771. The lowest BCUT2D eigenvalue weighted by Gasteiger charge is -2.06. The summed E-state index contributed by atoms with van der Waals surface area (Å²) in [7, 11) is 0. The number of hydrogen-bond donors (Lipinski definition) is 3. The van der Waals surface area contributed by atoms with Crippen LogP contribution in [-0.2, 0) is 6.54 Å². The van der Waals surface area contributed by atoms with Gasteiger partial charge < -0.3 is 10.3 Å². The molecule has 3 rings (SSSR count). The molecule has 1 aromatic carbocycles. The van der Waals surface area contributed by atoms with Crippen LogP contribution in [0, 0.1) is 11.5 Å². The Balaban J connectivity index is 1.72. The molecule has 0 aliphatic carbocycles. The number of benzene rings is 1. The third kappa shape index (κ3) is 2.49. The molecule has 2 aromatic heterocycles. The summed E-state index contributed by atoms with van der Waals surface area (Å²) in [6.07, 6.45) is 4.90. The summed E-state index contributed by atoms with van der Waals surface area (Å²) in [5.41, 5.74) is 3.05. The molecule has 0 saturated heterocycles. The van der Waals surface area contributed by atoms with E-state index in [2.05, 4.69) is 30.6 Å². The first-order valence-electron chi connectivity index (χ1n) is 5.98. The van der Waals surface area contributed by atoms with Crippen molar-refractivity contribution in [3.05, 3.63) is 42.5 Å². The number of aromatic nitrogens is 4. The van der Waals surface area contributed by atoms with Crippen molar-refractivity contribution in [1.29, 1.82) is 5.26 Å². The van der Waals surface area contributed by atoms with Gasteiger partial charge in [0.2, 0.25) is 0 Å². The molecule has 20 heavy (non-hydrogen) atoms. The average Bonchev–Trinajstić information content (AvgIpc) is 2.93. The first-order chi connectivity index (χ1) is 9.85. The fraction of sp³-hybridized carbons (Fsp3) is 0.0769. The second kappa shape index (κ2) is 5.24. The Kier molecular flexibility index (Phi) is 3.12. The summed E-state index contributed by atoms with van der Waals surface area (Å²) in [6.45, 7) is 0.623. The van der Waals surface area contributed by atoms with E-state index < -0.39 is 0 Å². The van der Waals surface area contributed by atoms with Crippen molar-refractivity contribution in [3.63, 3.8) is 0 Å². The first kappa shape index (κ1) is 11.9. The molecule has 0 fully saturated rings. The predicted octanol–water partition coefficient (Wildman–Crippen LogP) is 1.86. The van der Waals surface area contributed by atoms with Crippen molar-refractivity contribution in [2.24, 2.45) is 0 Å². The summed E-state index contributed by atoms with van der Waals surface area (Å²) in [6, 6.07) is 7.68. The maximum absolute atomic E-state index is 8.55. The fourth-order valence-corrected chi connectivity index (χ4v) is 1.86. The molecule has 0 bridgehead atoms. The van der Waals surface area contributed by atoms with Crippen LogP contribution in [0.15, 0.2) is 36.9 Å². The minimum absolute atomic E-state index is 0.467.